The number of carbonyl (C=O) groups is 2. The van der Waals surface area contributed by atoms with Gasteiger partial charge in [0.15, 0.2) is 11.9 Å². The summed E-state index contributed by atoms with van der Waals surface area (Å²) in [5, 5.41) is 10.2. The molecule has 1 atom stereocenters. The molecular weight excluding hydrogens is 298 g/mol. The molecule has 1 aliphatic heterocycles. The molecule has 1 saturated heterocycles. The number of rotatable bonds is 2. The van der Waals surface area contributed by atoms with Gasteiger partial charge in [-0.2, -0.15) is 0 Å². The summed E-state index contributed by atoms with van der Waals surface area (Å²) < 4.78 is 10.6. The number of carboxylic acid groups (broad SMARTS) is 1. The van der Waals surface area contributed by atoms with Crippen molar-refractivity contribution in [3.63, 3.8) is 0 Å². The molecule has 1 N–H and O–H groups in total. The van der Waals surface area contributed by atoms with Crippen LogP contribution in [0, 0.1) is 0 Å². The highest BCUT2D eigenvalue weighted by atomic mass is 35.5. The summed E-state index contributed by atoms with van der Waals surface area (Å²) in [6.07, 6.45) is -0.999. The summed E-state index contributed by atoms with van der Waals surface area (Å²) in [6.45, 7) is 0.529. The Labute approximate surface area is 124 Å². The fraction of sp³-hybridized carbons (Fsp3) is 0.286. The summed E-state index contributed by atoms with van der Waals surface area (Å²) >= 11 is 5.89. The molecule has 0 saturated carbocycles. The highest BCUT2D eigenvalue weighted by molar-refractivity contribution is 6.31. The highest BCUT2D eigenvalue weighted by Gasteiger charge is 2.30. The van der Waals surface area contributed by atoms with Crippen molar-refractivity contribution in [2.24, 2.45) is 0 Å². The van der Waals surface area contributed by atoms with Crippen molar-refractivity contribution < 1.29 is 23.8 Å². The Kier molecular flexibility index (Phi) is 3.57. The molecule has 2 aromatic rings. The van der Waals surface area contributed by atoms with Crippen LogP contribution < -0.4 is 0 Å². The molecule has 3 rings (SSSR count). The summed E-state index contributed by atoms with van der Waals surface area (Å²) in [5.74, 6) is -1.26. The minimum Gasteiger partial charge on any atom is -0.479 e. The molecule has 1 aliphatic rings. The maximum Gasteiger partial charge on any atom is 0.334 e. The molecule has 0 radical (unpaired) electrons. The summed E-state index contributed by atoms with van der Waals surface area (Å²) in [6, 6.07) is 6.68. The van der Waals surface area contributed by atoms with Crippen LogP contribution in [-0.2, 0) is 9.53 Å². The predicted octanol–water partition coefficient (Wildman–Crippen LogP) is 2.01. The van der Waals surface area contributed by atoms with Crippen molar-refractivity contribution in [3.8, 4) is 0 Å². The smallest absolute Gasteiger partial charge is 0.334 e. The van der Waals surface area contributed by atoms with E-state index in [-0.39, 0.29) is 24.8 Å². The zero-order valence-corrected chi connectivity index (χ0v) is 11.7. The van der Waals surface area contributed by atoms with Crippen LogP contribution in [0.5, 0.6) is 0 Å². The second kappa shape index (κ2) is 5.38. The molecule has 0 bridgehead atoms. The van der Waals surface area contributed by atoms with E-state index in [4.69, 9.17) is 25.9 Å². The van der Waals surface area contributed by atoms with Gasteiger partial charge in [0.1, 0.15) is 5.58 Å². The molecule has 1 unspecified atom stereocenters. The number of ether oxygens (including phenoxy) is 1. The first-order valence-corrected chi connectivity index (χ1v) is 6.75. The van der Waals surface area contributed by atoms with Gasteiger partial charge in [-0.3, -0.25) is 4.79 Å². The third-order valence-electron chi connectivity index (χ3n) is 3.32. The van der Waals surface area contributed by atoms with E-state index < -0.39 is 12.1 Å². The van der Waals surface area contributed by atoms with Crippen LogP contribution in [0.4, 0.5) is 0 Å². The van der Waals surface area contributed by atoms with E-state index in [9.17, 15) is 9.59 Å². The molecule has 1 aromatic carbocycles. The Bertz CT molecular complexity index is 710. The number of carboxylic acids is 1. The van der Waals surface area contributed by atoms with Crippen molar-refractivity contribution in [2.75, 3.05) is 19.7 Å². The summed E-state index contributed by atoms with van der Waals surface area (Å²) in [7, 11) is 0. The number of hydrogen-bond donors (Lipinski definition) is 1. The van der Waals surface area contributed by atoms with Crippen LogP contribution in [0.1, 0.15) is 10.6 Å². The molecular formula is C14H12ClNO5. The van der Waals surface area contributed by atoms with Crippen LogP contribution in [0.25, 0.3) is 11.0 Å². The average Bonchev–Trinajstić information content (AvgIpc) is 2.89. The van der Waals surface area contributed by atoms with Crippen molar-refractivity contribution in [3.05, 3.63) is 35.0 Å². The van der Waals surface area contributed by atoms with Gasteiger partial charge in [0, 0.05) is 17.0 Å². The quantitative estimate of drug-likeness (QED) is 0.918. The lowest BCUT2D eigenvalue weighted by molar-refractivity contribution is -0.154. The van der Waals surface area contributed by atoms with Crippen LogP contribution in [-0.4, -0.2) is 47.7 Å². The minimum atomic E-state index is -1.08. The normalized spacial score (nSPS) is 18.9. The molecule has 7 heteroatoms. The van der Waals surface area contributed by atoms with E-state index in [0.717, 1.165) is 5.39 Å². The molecule has 2 heterocycles. The lowest BCUT2D eigenvalue weighted by Gasteiger charge is -2.30. The molecule has 0 aliphatic carbocycles. The number of benzene rings is 1. The first kappa shape index (κ1) is 13.9. The number of hydrogen-bond acceptors (Lipinski definition) is 4. The maximum atomic E-state index is 12.4. The lowest BCUT2D eigenvalue weighted by Crippen LogP contribution is -2.48. The minimum absolute atomic E-state index is 0.00592. The molecule has 21 heavy (non-hydrogen) atoms. The van der Waals surface area contributed by atoms with E-state index in [0.29, 0.717) is 17.2 Å². The lowest BCUT2D eigenvalue weighted by atomic mass is 10.2. The van der Waals surface area contributed by atoms with Crippen molar-refractivity contribution in [2.45, 2.75) is 6.10 Å². The Morgan fingerprint density at radius 2 is 2.14 bits per heavy atom. The third kappa shape index (κ3) is 2.72. The van der Waals surface area contributed by atoms with Gasteiger partial charge >= 0.3 is 5.97 Å². The van der Waals surface area contributed by atoms with E-state index in [2.05, 4.69) is 0 Å². The molecule has 6 nitrogen and oxygen atoms in total. The Morgan fingerprint density at radius 3 is 2.90 bits per heavy atom. The van der Waals surface area contributed by atoms with Gasteiger partial charge in [0.05, 0.1) is 13.2 Å². The van der Waals surface area contributed by atoms with Crippen molar-refractivity contribution >= 4 is 34.4 Å². The number of furan rings is 1. The Balaban J connectivity index is 1.84. The second-order valence-electron chi connectivity index (χ2n) is 4.74. The van der Waals surface area contributed by atoms with Gasteiger partial charge in [0.2, 0.25) is 0 Å². The number of morpholine rings is 1. The van der Waals surface area contributed by atoms with Crippen LogP contribution in [0.2, 0.25) is 5.02 Å². The van der Waals surface area contributed by atoms with E-state index in [1.54, 1.807) is 24.3 Å². The van der Waals surface area contributed by atoms with Gasteiger partial charge in [-0.25, -0.2) is 4.79 Å². The number of fused-ring (bicyclic) bond motifs is 1. The van der Waals surface area contributed by atoms with Gasteiger partial charge in [-0.1, -0.05) is 11.6 Å². The first-order valence-electron chi connectivity index (χ1n) is 6.37. The highest BCUT2D eigenvalue weighted by Crippen LogP contribution is 2.24. The molecule has 1 amide bonds. The fourth-order valence-electron chi connectivity index (χ4n) is 2.26. The zero-order chi connectivity index (χ0) is 15.0. The molecule has 110 valence electrons. The monoisotopic (exact) mass is 309 g/mol. The average molecular weight is 310 g/mol. The second-order valence-corrected chi connectivity index (χ2v) is 5.18. The van der Waals surface area contributed by atoms with Crippen LogP contribution >= 0.6 is 11.6 Å². The van der Waals surface area contributed by atoms with Crippen molar-refractivity contribution in [1.82, 2.24) is 4.90 Å². The Hall–Kier alpha value is -2.05. The topological polar surface area (TPSA) is 80.0 Å². The molecule has 1 fully saturated rings. The predicted molar refractivity (Wildman–Crippen MR) is 74.5 cm³/mol. The van der Waals surface area contributed by atoms with Crippen molar-refractivity contribution in [1.29, 1.82) is 0 Å². The number of amides is 1. The van der Waals surface area contributed by atoms with Gasteiger partial charge in [-0.05, 0) is 24.3 Å². The van der Waals surface area contributed by atoms with Gasteiger partial charge < -0.3 is 19.2 Å². The number of carbonyl (C=O) groups excluding carboxylic acids is 1. The summed E-state index contributed by atoms with van der Waals surface area (Å²) in [5.41, 5.74) is 0.561. The van der Waals surface area contributed by atoms with E-state index in [1.165, 1.54) is 4.90 Å². The number of aliphatic carboxylic acids is 1. The van der Waals surface area contributed by atoms with Crippen LogP contribution in [0.15, 0.2) is 28.7 Å². The van der Waals surface area contributed by atoms with Gasteiger partial charge in [-0.15, -0.1) is 0 Å². The fourth-order valence-corrected chi connectivity index (χ4v) is 2.44. The summed E-state index contributed by atoms with van der Waals surface area (Å²) in [4.78, 5) is 24.7. The maximum absolute atomic E-state index is 12.4. The third-order valence-corrected chi connectivity index (χ3v) is 3.55. The zero-order valence-electron chi connectivity index (χ0n) is 10.9. The molecule has 0 spiro atoms. The largest absolute Gasteiger partial charge is 0.479 e. The standard InChI is InChI=1S/C14H12ClNO5/c15-9-1-2-10-8(5-9)6-11(21-10)13(17)16-3-4-20-12(7-16)14(18)19/h1-2,5-6,12H,3-4,7H2,(H,18,19). The van der Waals surface area contributed by atoms with Gasteiger partial charge in [0.25, 0.3) is 5.91 Å². The van der Waals surface area contributed by atoms with E-state index >= 15 is 0 Å². The Morgan fingerprint density at radius 1 is 1.33 bits per heavy atom. The molecule has 1 aromatic heterocycles. The first-order chi connectivity index (χ1) is 10.0. The number of nitrogens with zero attached hydrogens (tertiary/aromatic N) is 1. The number of halogens is 1. The van der Waals surface area contributed by atoms with Crippen LogP contribution in [0.3, 0.4) is 0 Å². The SMILES string of the molecule is O=C(O)C1CN(C(=O)c2cc3cc(Cl)ccc3o2)CCO1. The van der Waals surface area contributed by atoms with E-state index in [1.807, 2.05) is 0 Å².